The molecule has 1 heterocycles. The van der Waals surface area contributed by atoms with Crippen molar-refractivity contribution < 1.29 is 18.7 Å². The van der Waals surface area contributed by atoms with Gasteiger partial charge in [0.15, 0.2) is 0 Å². The average Bonchev–Trinajstić information content (AvgIpc) is 2.86. The van der Waals surface area contributed by atoms with Crippen molar-refractivity contribution in [3.05, 3.63) is 53.0 Å². The summed E-state index contributed by atoms with van der Waals surface area (Å²) < 4.78 is 16.2. The summed E-state index contributed by atoms with van der Waals surface area (Å²) in [5, 5.41) is 2.87. The number of hydrogen-bond acceptors (Lipinski definition) is 4. The third-order valence-corrected chi connectivity index (χ3v) is 3.50. The summed E-state index contributed by atoms with van der Waals surface area (Å²) >= 11 is 0. The van der Waals surface area contributed by atoms with Crippen LogP contribution in [0.25, 0.3) is 0 Å². The summed E-state index contributed by atoms with van der Waals surface area (Å²) in [5.74, 6) is 1.89. The van der Waals surface area contributed by atoms with Crippen molar-refractivity contribution >= 4 is 5.91 Å². The van der Waals surface area contributed by atoms with Gasteiger partial charge in [0.2, 0.25) is 0 Å². The summed E-state index contributed by atoms with van der Waals surface area (Å²) in [5.41, 5.74) is 1.44. The molecule has 0 aliphatic heterocycles. The van der Waals surface area contributed by atoms with Gasteiger partial charge in [-0.05, 0) is 26.0 Å². The lowest BCUT2D eigenvalue weighted by molar-refractivity contribution is 0.0818. The average molecular weight is 303 g/mol. The van der Waals surface area contributed by atoms with E-state index in [9.17, 15) is 4.79 Å². The summed E-state index contributed by atoms with van der Waals surface area (Å²) in [6.07, 6.45) is -0.284. The minimum Gasteiger partial charge on any atom is -0.496 e. The first-order valence-electron chi connectivity index (χ1n) is 7.07. The second kappa shape index (κ2) is 7.13. The Bertz CT molecular complexity index is 648. The van der Waals surface area contributed by atoms with Crippen LogP contribution in [-0.4, -0.2) is 26.7 Å². The number of furan rings is 1. The number of para-hydroxylation sites is 1. The van der Waals surface area contributed by atoms with Gasteiger partial charge in [-0.2, -0.15) is 0 Å². The van der Waals surface area contributed by atoms with Gasteiger partial charge in [-0.1, -0.05) is 18.2 Å². The lowest BCUT2D eigenvalue weighted by Crippen LogP contribution is -2.29. The van der Waals surface area contributed by atoms with E-state index in [0.29, 0.717) is 17.9 Å². The molecule has 2 aromatic rings. The Labute approximate surface area is 130 Å². The third kappa shape index (κ3) is 3.49. The van der Waals surface area contributed by atoms with E-state index >= 15 is 0 Å². The fourth-order valence-electron chi connectivity index (χ4n) is 2.39. The summed E-state index contributed by atoms with van der Waals surface area (Å²) in [7, 11) is 3.22. The van der Waals surface area contributed by atoms with Crippen LogP contribution in [0.1, 0.15) is 33.5 Å². The minimum atomic E-state index is -0.284. The Morgan fingerprint density at radius 3 is 2.59 bits per heavy atom. The lowest BCUT2D eigenvalue weighted by atomic mass is 10.1. The highest BCUT2D eigenvalue weighted by molar-refractivity contribution is 5.95. The molecule has 118 valence electrons. The number of benzene rings is 1. The van der Waals surface area contributed by atoms with E-state index in [-0.39, 0.29) is 12.0 Å². The quantitative estimate of drug-likeness (QED) is 0.891. The maximum Gasteiger partial charge on any atom is 0.254 e. The maximum absolute atomic E-state index is 12.2. The highest BCUT2D eigenvalue weighted by Crippen LogP contribution is 2.26. The predicted molar refractivity (Wildman–Crippen MR) is 83.3 cm³/mol. The van der Waals surface area contributed by atoms with Crippen molar-refractivity contribution in [3.63, 3.8) is 0 Å². The largest absolute Gasteiger partial charge is 0.496 e. The Kier molecular flexibility index (Phi) is 5.22. The normalized spacial score (nSPS) is 12.0. The molecule has 0 aliphatic rings. The Morgan fingerprint density at radius 1 is 1.27 bits per heavy atom. The molecule has 0 radical (unpaired) electrons. The van der Waals surface area contributed by atoms with Gasteiger partial charge in [0.1, 0.15) is 23.4 Å². The van der Waals surface area contributed by atoms with Crippen molar-refractivity contribution in [2.45, 2.75) is 20.0 Å². The summed E-state index contributed by atoms with van der Waals surface area (Å²) in [6, 6.07) is 9.33. The first-order valence-corrected chi connectivity index (χ1v) is 7.07. The number of rotatable bonds is 6. The first-order chi connectivity index (χ1) is 10.6. The molecule has 2 rings (SSSR count). The smallest absolute Gasteiger partial charge is 0.254 e. The molecule has 0 saturated carbocycles. The number of hydrogen-bond donors (Lipinski definition) is 1. The van der Waals surface area contributed by atoms with Gasteiger partial charge in [0.25, 0.3) is 5.91 Å². The van der Waals surface area contributed by atoms with Crippen molar-refractivity contribution in [1.29, 1.82) is 0 Å². The van der Waals surface area contributed by atoms with Crippen LogP contribution >= 0.6 is 0 Å². The Morgan fingerprint density at radius 2 is 2.00 bits per heavy atom. The molecule has 0 fully saturated rings. The zero-order valence-electron chi connectivity index (χ0n) is 13.3. The molecule has 1 aromatic carbocycles. The van der Waals surface area contributed by atoms with Crippen LogP contribution in [-0.2, 0) is 4.74 Å². The van der Waals surface area contributed by atoms with Crippen LogP contribution in [0.3, 0.4) is 0 Å². The minimum absolute atomic E-state index is 0.175. The van der Waals surface area contributed by atoms with Crippen molar-refractivity contribution in [2.75, 3.05) is 20.8 Å². The standard InChI is InChI=1S/C17H21NO4/c1-11-9-14(12(2)22-11)17(19)18-10-16(21-4)13-7-5-6-8-15(13)20-3/h5-9,16H,10H2,1-4H3,(H,18,19). The Balaban J connectivity index is 2.08. The van der Waals surface area contributed by atoms with E-state index in [2.05, 4.69) is 5.32 Å². The molecule has 5 nitrogen and oxygen atoms in total. The number of amides is 1. The second-order valence-electron chi connectivity index (χ2n) is 5.00. The maximum atomic E-state index is 12.2. The first kappa shape index (κ1) is 16.1. The van der Waals surface area contributed by atoms with E-state index in [1.165, 1.54) is 0 Å². The molecule has 22 heavy (non-hydrogen) atoms. The van der Waals surface area contributed by atoms with Gasteiger partial charge in [-0.15, -0.1) is 0 Å². The topological polar surface area (TPSA) is 60.7 Å². The van der Waals surface area contributed by atoms with Gasteiger partial charge in [0.05, 0.1) is 12.7 Å². The number of methoxy groups -OCH3 is 2. The molecular formula is C17H21NO4. The Hall–Kier alpha value is -2.27. The highest BCUT2D eigenvalue weighted by Gasteiger charge is 2.18. The van der Waals surface area contributed by atoms with Crippen molar-refractivity contribution in [1.82, 2.24) is 5.32 Å². The van der Waals surface area contributed by atoms with Gasteiger partial charge in [0, 0.05) is 19.2 Å². The van der Waals surface area contributed by atoms with Gasteiger partial charge >= 0.3 is 0 Å². The van der Waals surface area contributed by atoms with Crippen LogP contribution < -0.4 is 10.1 Å². The lowest BCUT2D eigenvalue weighted by Gasteiger charge is -2.19. The molecule has 1 atom stereocenters. The molecule has 0 saturated heterocycles. The number of carbonyl (C=O) groups is 1. The molecule has 1 N–H and O–H groups in total. The molecule has 1 aromatic heterocycles. The zero-order valence-corrected chi connectivity index (χ0v) is 13.3. The van der Waals surface area contributed by atoms with E-state index in [1.807, 2.05) is 31.2 Å². The van der Waals surface area contributed by atoms with Crippen molar-refractivity contribution in [3.8, 4) is 5.75 Å². The molecular weight excluding hydrogens is 282 g/mol. The number of carbonyl (C=O) groups excluding carboxylic acids is 1. The van der Waals surface area contributed by atoms with Gasteiger partial charge in [-0.3, -0.25) is 4.79 Å². The van der Waals surface area contributed by atoms with Gasteiger partial charge in [-0.25, -0.2) is 0 Å². The SMILES string of the molecule is COc1ccccc1C(CNC(=O)c1cc(C)oc1C)OC. The third-order valence-electron chi connectivity index (χ3n) is 3.50. The van der Waals surface area contributed by atoms with Crippen LogP contribution in [0.15, 0.2) is 34.7 Å². The molecule has 0 bridgehead atoms. The number of nitrogens with one attached hydrogen (secondary N) is 1. The van der Waals surface area contributed by atoms with Gasteiger partial charge < -0.3 is 19.2 Å². The van der Waals surface area contributed by atoms with E-state index in [1.54, 1.807) is 27.2 Å². The molecule has 0 aliphatic carbocycles. The summed E-state index contributed by atoms with van der Waals surface area (Å²) in [6.45, 7) is 3.94. The van der Waals surface area contributed by atoms with E-state index in [0.717, 1.165) is 17.1 Å². The molecule has 5 heteroatoms. The fraction of sp³-hybridized carbons (Fsp3) is 0.353. The summed E-state index contributed by atoms with van der Waals surface area (Å²) in [4.78, 5) is 12.2. The van der Waals surface area contributed by atoms with Crippen LogP contribution in [0.2, 0.25) is 0 Å². The van der Waals surface area contributed by atoms with Crippen LogP contribution in [0.4, 0.5) is 0 Å². The fourth-order valence-corrected chi connectivity index (χ4v) is 2.39. The predicted octanol–water partition coefficient (Wildman–Crippen LogP) is 3.02. The van der Waals surface area contributed by atoms with Crippen LogP contribution in [0, 0.1) is 13.8 Å². The van der Waals surface area contributed by atoms with Crippen molar-refractivity contribution in [2.24, 2.45) is 0 Å². The van der Waals surface area contributed by atoms with E-state index in [4.69, 9.17) is 13.9 Å². The number of aryl methyl sites for hydroxylation is 2. The van der Waals surface area contributed by atoms with E-state index < -0.39 is 0 Å². The molecule has 0 spiro atoms. The monoisotopic (exact) mass is 303 g/mol. The second-order valence-corrected chi connectivity index (χ2v) is 5.00. The number of ether oxygens (including phenoxy) is 2. The molecule has 1 unspecified atom stereocenters. The zero-order chi connectivity index (χ0) is 16.1. The highest BCUT2D eigenvalue weighted by atomic mass is 16.5. The molecule has 1 amide bonds. The van der Waals surface area contributed by atoms with Crippen LogP contribution in [0.5, 0.6) is 5.75 Å².